The fourth-order valence-electron chi connectivity index (χ4n) is 5.72. The molecule has 9 heteroatoms. The number of nitrogens with one attached hydrogen (secondary N) is 1. The maximum absolute atomic E-state index is 14.4. The molecule has 1 aliphatic carbocycles. The molecule has 0 saturated heterocycles. The van der Waals surface area contributed by atoms with Crippen molar-refractivity contribution in [2.24, 2.45) is 5.92 Å². The average molecular weight is 538 g/mol. The number of ether oxygens (including phenoxy) is 1. The van der Waals surface area contributed by atoms with Crippen LogP contribution in [0, 0.1) is 18.7 Å². The van der Waals surface area contributed by atoms with Crippen molar-refractivity contribution >= 4 is 28.5 Å². The highest BCUT2D eigenvalue weighted by Gasteiger charge is 2.29. The molecule has 1 aliphatic rings. The van der Waals surface area contributed by atoms with E-state index in [4.69, 9.17) is 21.4 Å². The Balaban J connectivity index is 1.44. The molecule has 0 bridgehead atoms. The van der Waals surface area contributed by atoms with Crippen LogP contribution in [0.15, 0.2) is 36.8 Å². The number of methoxy groups -OCH3 is 1. The standard InChI is InChI=1S/C29H33ClFN5O2/c1-16(26-25(38-5)11-10-24(31)27(26)30)22-14-33-28-21(22)12-19(13-32-28)23-15-36(34-17(23)2)20-8-6-18(7-9-20)29(37)35(3)4/h10-16,18,20H,6-9H2,1-5H3,(H,32,33). The van der Waals surface area contributed by atoms with Gasteiger partial charge in [-0.3, -0.25) is 9.48 Å². The highest BCUT2D eigenvalue weighted by molar-refractivity contribution is 6.31. The van der Waals surface area contributed by atoms with Gasteiger partial charge >= 0.3 is 0 Å². The highest BCUT2D eigenvalue weighted by Crippen LogP contribution is 2.41. The van der Waals surface area contributed by atoms with Crippen molar-refractivity contribution in [3.8, 4) is 16.9 Å². The fourth-order valence-corrected chi connectivity index (χ4v) is 6.04. The number of aryl methyl sites for hydroxylation is 1. The Morgan fingerprint density at radius 2 is 2.00 bits per heavy atom. The van der Waals surface area contributed by atoms with Crippen molar-refractivity contribution in [3.05, 3.63) is 64.5 Å². The van der Waals surface area contributed by atoms with Gasteiger partial charge in [0.1, 0.15) is 17.2 Å². The number of benzene rings is 1. The summed E-state index contributed by atoms with van der Waals surface area (Å²) in [6.45, 7) is 3.99. The molecule has 0 aliphatic heterocycles. The van der Waals surface area contributed by atoms with Crippen LogP contribution in [0.3, 0.4) is 0 Å². The van der Waals surface area contributed by atoms with Crippen LogP contribution >= 0.6 is 11.6 Å². The minimum absolute atomic E-state index is 0.0643. The van der Waals surface area contributed by atoms with Crippen LogP contribution in [-0.4, -0.2) is 51.8 Å². The Bertz CT molecular complexity index is 1490. The summed E-state index contributed by atoms with van der Waals surface area (Å²) in [7, 11) is 5.20. The molecular formula is C29H33ClFN5O2. The third-order valence-electron chi connectivity index (χ3n) is 7.86. The van der Waals surface area contributed by atoms with E-state index >= 15 is 0 Å². The second-order valence-electron chi connectivity index (χ2n) is 10.4. The number of aromatic nitrogens is 4. The molecule has 3 heterocycles. The minimum Gasteiger partial charge on any atom is -0.496 e. The number of pyridine rings is 1. The van der Waals surface area contributed by atoms with Gasteiger partial charge in [0.25, 0.3) is 0 Å². The average Bonchev–Trinajstić information content (AvgIpc) is 3.52. The van der Waals surface area contributed by atoms with Gasteiger partial charge in [0.2, 0.25) is 5.91 Å². The summed E-state index contributed by atoms with van der Waals surface area (Å²) < 4.78 is 21.9. The topological polar surface area (TPSA) is 76.0 Å². The molecule has 1 amide bonds. The summed E-state index contributed by atoms with van der Waals surface area (Å²) >= 11 is 6.39. The molecule has 0 spiro atoms. The zero-order valence-electron chi connectivity index (χ0n) is 22.4. The van der Waals surface area contributed by atoms with Gasteiger partial charge < -0.3 is 14.6 Å². The van der Waals surface area contributed by atoms with Gasteiger partial charge in [0, 0.05) is 66.6 Å². The molecule has 1 atom stereocenters. The van der Waals surface area contributed by atoms with Crippen molar-refractivity contribution < 1.29 is 13.9 Å². The molecule has 4 aromatic rings. The van der Waals surface area contributed by atoms with E-state index in [1.54, 1.807) is 18.1 Å². The highest BCUT2D eigenvalue weighted by atomic mass is 35.5. The lowest BCUT2D eigenvalue weighted by molar-refractivity contribution is -0.134. The van der Waals surface area contributed by atoms with Gasteiger partial charge in [-0.15, -0.1) is 0 Å². The molecule has 1 unspecified atom stereocenters. The third kappa shape index (κ3) is 4.66. The second kappa shape index (κ2) is 10.4. The summed E-state index contributed by atoms with van der Waals surface area (Å²) in [6.07, 6.45) is 9.45. The number of aromatic amines is 1. The smallest absolute Gasteiger partial charge is 0.225 e. The Labute approximate surface area is 227 Å². The first-order chi connectivity index (χ1) is 18.2. The Morgan fingerprint density at radius 3 is 2.68 bits per heavy atom. The van der Waals surface area contributed by atoms with Crippen molar-refractivity contribution in [1.82, 2.24) is 24.6 Å². The van der Waals surface area contributed by atoms with Gasteiger partial charge in [0.15, 0.2) is 0 Å². The monoisotopic (exact) mass is 537 g/mol. The molecule has 1 saturated carbocycles. The van der Waals surface area contributed by atoms with Gasteiger partial charge in [-0.05, 0) is 56.4 Å². The molecular weight excluding hydrogens is 505 g/mol. The summed E-state index contributed by atoms with van der Waals surface area (Å²) in [5, 5.41) is 5.84. The first-order valence-electron chi connectivity index (χ1n) is 13.0. The Kier molecular flexibility index (Phi) is 7.18. The van der Waals surface area contributed by atoms with Crippen molar-refractivity contribution in [3.63, 3.8) is 0 Å². The minimum atomic E-state index is -0.476. The quantitative estimate of drug-likeness (QED) is 0.304. The molecule has 1 aromatic carbocycles. The molecule has 7 nitrogen and oxygen atoms in total. The normalized spacial score (nSPS) is 18.5. The predicted octanol–water partition coefficient (Wildman–Crippen LogP) is 6.51. The van der Waals surface area contributed by atoms with E-state index in [9.17, 15) is 9.18 Å². The van der Waals surface area contributed by atoms with E-state index in [0.717, 1.165) is 59.1 Å². The summed E-state index contributed by atoms with van der Waals surface area (Å²) in [4.78, 5) is 22.0. The van der Waals surface area contributed by atoms with E-state index in [-0.39, 0.29) is 28.8 Å². The summed E-state index contributed by atoms with van der Waals surface area (Å²) in [5.74, 6) is 0.150. The SMILES string of the molecule is COc1ccc(F)c(Cl)c1C(C)c1c[nH]c2ncc(-c3cn(C4CCC(C(=O)N(C)C)CC4)nc3C)cc12. The maximum Gasteiger partial charge on any atom is 0.225 e. The van der Waals surface area contributed by atoms with Gasteiger partial charge in [0.05, 0.1) is 23.9 Å². The number of carbonyl (C=O) groups is 1. The Morgan fingerprint density at radius 1 is 1.26 bits per heavy atom. The van der Waals surface area contributed by atoms with Crippen LogP contribution in [0.4, 0.5) is 4.39 Å². The number of halogens is 2. The van der Waals surface area contributed by atoms with Crippen LogP contribution in [-0.2, 0) is 4.79 Å². The number of hydrogen-bond donors (Lipinski definition) is 1. The first kappa shape index (κ1) is 26.2. The molecule has 38 heavy (non-hydrogen) atoms. The molecule has 0 radical (unpaired) electrons. The zero-order valence-corrected chi connectivity index (χ0v) is 23.1. The van der Waals surface area contributed by atoms with E-state index in [0.29, 0.717) is 11.3 Å². The molecule has 3 aromatic heterocycles. The van der Waals surface area contributed by atoms with Crippen LogP contribution < -0.4 is 4.74 Å². The van der Waals surface area contributed by atoms with Crippen LogP contribution in [0.5, 0.6) is 5.75 Å². The van der Waals surface area contributed by atoms with Crippen molar-refractivity contribution in [1.29, 1.82) is 0 Å². The van der Waals surface area contributed by atoms with E-state index in [1.807, 2.05) is 40.3 Å². The number of fused-ring (bicyclic) bond motifs is 1. The van der Waals surface area contributed by atoms with Gasteiger partial charge in [-0.2, -0.15) is 5.10 Å². The molecule has 1 N–H and O–H groups in total. The first-order valence-corrected chi connectivity index (χ1v) is 13.3. The van der Waals surface area contributed by atoms with Crippen LogP contribution in [0.1, 0.15) is 61.4 Å². The number of H-pyrrole nitrogens is 1. The van der Waals surface area contributed by atoms with Crippen molar-refractivity contribution in [2.45, 2.75) is 51.5 Å². The second-order valence-corrected chi connectivity index (χ2v) is 10.8. The van der Waals surface area contributed by atoms with Crippen molar-refractivity contribution in [2.75, 3.05) is 21.2 Å². The number of carbonyl (C=O) groups excluding carboxylic acids is 1. The van der Waals surface area contributed by atoms with Crippen LogP contribution in [0.2, 0.25) is 5.02 Å². The summed E-state index contributed by atoms with van der Waals surface area (Å²) in [6, 6.07) is 5.30. The van der Waals surface area contributed by atoms with E-state index < -0.39 is 5.82 Å². The lowest BCUT2D eigenvalue weighted by Crippen LogP contribution is -2.32. The largest absolute Gasteiger partial charge is 0.496 e. The third-order valence-corrected chi connectivity index (χ3v) is 8.25. The molecule has 200 valence electrons. The number of rotatable bonds is 6. The van der Waals surface area contributed by atoms with Crippen LogP contribution in [0.25, 0.3) is 22.2 Å². The lowest BCUT2D eigenvalue weighted by Gasteiger charge is -2.29. The van der Waals surface area contributed by atoms with Gasteiger partial charge in [-0.1, -0.05) is 18.5 Å². The molecule has 1 fully saturated rings. The lowest BCUT2D eigenvalue weighted by atomic mass is 9.85. The predicted molar refractivity (Wildman–Crippen MR) is 147 cm³/mol. The van der Waals surface area contributed by atoms with E-state index in [1.165, 1.54) is 6.07 Å². The summed E-state index contributed by atoms with van der Waals surface area (Å²) in [5.41, 5.74) is 5.21. The zero-order chi connectivity index (χ0) is 27.1. The molecule has 5 rings (SSSR count). The van der Waals surface area contributed by atoms with E-state index in [2.05, 4.69) is 26.9 Å². The van der Waals surface area contributed by atoms with Gasteiger partial charge in [-0.25, -0.2) is 9.37 Å². The Hall–Kier alpha value is -3.39. The maximum atomic E-state index is 14.4. The number of amides is 1. The number of hydrogen-bond acceptors (Lipinski definition) is 4. The fraction of sp³-hybridized carbons (Fsp3) is 0.414. The number of nitrogens with zero attached hydrogens (tertiary/aromatic N) is 4.